The second-order valence-corrected chi connectivity index (χ2v) is 5.49. The van der Waals surface area contributed by atoms with Crippen LogP contribution in [0.2, 0.25) is 0 Å². The van der Waals surface area contributed by atoms with Crippen molar-refractivity contribution in [3.05, 3.63) is 33.9 Å². The Morgan fingerprint density at radius 1 is 1.26 bits per heavy atom. The van der Waals surface area contributed by atoms with Crippen molar-refractivity contribution in [3.8, 4) is 0 Å². The van der Waals surface area contributed by atoms with Crippen LogP contribution in [0, 0.1) is 23.0 Å². The topological polar surface area (TPSA) is 55.2 Å². The molecule has 1 aliphatic rings. The number of anilines is 1. The predicted molar refractivity (Wildman–Crippen MR) is 77.5 cm³/mol. The van der Waals surface area contributed by atoms with E-state index in [1.165, 1.54) is 38.5 Å². The maximum Gasteiger partial charge on any atom is 0.269 e. The molecule has 19 heavy (non-hydrogen) atoms. The van der Waals surface area contributed by atoms with Crippen LogP contribution in [0.25, 0.3) is 0 Å². The Bertz CT molecular complexity index is 438. The molecule has 2 rings (SSSR count). The van der Waals surface area contributed by atoms with Crippen LogP contribution in [0.15, 0.2) is 18.2 Å². The van der Waals surface area contributed by atoms with Gasteiger partial charge < -0.3 is 5.32 Å². The molecule has 0 heterocycles. The molecule has 0 bridgehead atoms. The highest BCUT2D eigenvalue weighted by Gasteiger charge is 2.13. The summed E-state index contributed by atoms with van der Waals surface area (Å²) in [5.74, 6) is 0.747. The number of nitro benzene ring substituents is 1. The Morgan fingerprint density at radius 3 is 2.53 bits per heavy atom. The molecule has 0 amide bonds. The second-order valence-electron chi connectivity index (χ2n) is 5.49. The van der Waals surface area contributed by atoms with Crippen LogP contribution >= 0.6 is 0 Å². The van der Waals surface area contributed by atoms with Gasteiger partial charge in [-0.2, -0.15) is 0 Å². The maximum atomic E-state index is 10.7. The van der Waals surface area contributed by atoms with E-state index in [0.29, 0.717) is 0 Å². The van der Waals surface area contributed by atoms with Gasteiger partial charge in [-0.3, -0.25) is 10.1 Å². The van der Waals surface area contributed by atoms with Gasteiger partial charge in [0.25, 0.3) is 5.69 Å². The number of hydrogen-bond acceptors (Lipinski definition) is 3. The Morgan fingerprint density at radius 2 is 1.95 bits per heavy atom. The molecule has 1 aromatic rings. The minimum atomic E-state index is -0.345. The van der Waals surface area contributed by atoms with Gasteiger partial charge in [0.15, 0.2) is 0 Å². The number of nitrogens with zero attached hydrogens (tertiary/aromatic N) is 1. The number of non-ortho nitro benzene ring substituents is 1. The smallest absolute Gasteiger partial charge is 0.269 e. The fraction of sp³-hybridized carbons (Fsp3) is 0.600. The first-order valence-corrected chi connectivity index (χ1v) is 7.16. The van der Waals surface area contributed by atoms with Crippen LogP contribution in [0.1, 0.15) is 44.1 Å². The normalized spacial score (nSPS) is 16.9. The number of aryl methyl sites for hydroxylation is 1. The standard InChI is InChI=1S/C15H22N2O2/c1-12-10-14(17(18)19)8-9-15(12)16-11-13-6-4-2-3-5-7-13/h8-10,13,16H,2-7,11H2,1H3. The van der Waals surface area contributed by atoms with Gasteiger partial charge >= 0.3 is 0 Å². The average molecular weight is 262 g/mol. The third-order valence-corrected chi connectivity index (χ3v) is 3.98. The van der Waals surface area contributed by atoms with E-state index in [2.05, 4.69) is 5.32 Å². The molecule has 1 aliphatic carbocycles. The monoisotopic (exact) mass is 262 g/mol. The van der Waals surface area contributed by atoms with E-state index >= 15 is 0 Å². The van der Waals surface area contributed by atoms with Gasteiger partial charge in [0, 0.05) is 24.4 Å². The van der Waals surface area contributed by atoms with Gasteiger partial charge in [0.1, 0.15) is 0 Å². The highest BCUT2D eigenvalue weighted by Crippen LogP contribution is 2.25. The SMILES string of the molecule is Cc1cc([N+](=O)[O-])ccc1NCC1CCCCCC1. The van der Waals surface area contributed by atoms with E-state index < -0.39 is 0 Å². The van der Waals surface area contributed by atoms with E-state index in [1.54, 1.807) is 12.1 Å². The Labute approximate surface area is 114 Å². The Balaban J connectivity index is 1.93. The molecule has 1 N–H and O–H groups in total. The highest BCUT2D eigenvalue weighted by molar-refractivity contribution is 5.55. The summed E-state index contributed by atoms with van der Waals surface area (Å²) in [5, 5.41) is 14.1. The van der Waals surface area contributed by atoms with Crippen LogP contribution in [0.5, 0.6) is 0 Å². The van der Waals surface area contributed by atoms with Crippen LogP contribution in [0.4, 0.5) is 11.4 Å². The van der Waals surface area contributed by atoms with Crippen molar-refractivity contribution < 1.29 is 4.92 Å². The van der Waals surface area contributed by atoms with Crippen molar-refractivity contribution >= 4 is 11.4 Å². The molecular weight excluding hydrogens is 240 g/mol. The van der Waals surface area contributed by atoms with Gasteiger partial charge in [-0.1, -0.05) is 25.7 Å². The van der Waals surface area contributed by atoms with Crippen LogP contribution in [-0.4, -0.2) is 11.5 Å². The predicted octanol–water partition coefficient (Wildman–Crippen LogP) is 4.29. The molecule has 4 heteroatoms. The summed E-state index contributed by atoms with van der Waals surface area (Å²) < 4.78 is 0. The fourth-order valence-electron chi connectivity index (χ4n) is 2.78. The molecule has 0 aromatic heterocycles. The molecule has 1 saturated carbocycles. The summed E-state index contributed by atoms with van der Waals surface area (Å²) in [5.41, 5.74) is 2.13. The lowest BCUT2D eigenvalue weighted by molar-refractivity contribution is -0.384. The van der Waals surface area contributed by atoms with Crippen molar-refractivity contribution in [2.24, 2.45) is 5.92 Å². The first kappa shape index (κ1) is 13.8. The lowest BCUT2D eigenvalue weighted by atomic mass is 10.0. The van der Waals surface area contributed by atoms with E-state index in [0.717, 1.165) is 23.7 Å². The second kappa shape index (κ2) is 6.55. The molecule has 1 aromatic carbocycles. The number of nitrogens with one attached hydrogen (secondary N) is 1. The fourth-order valence-corrected chi connectivity index (χ4v) is 2.78. The Hall–Kier alpha value is -1.58. The molecule has 4 nitrogen and oxygen atoms in total. The molecular formula is C15H22N2O2. The summed E-state index contributed by atoms with van der Waals surface area (Å²) >= 11 is 0. The zero-order valence-corrected chi connectivity index (χ0v) is 11.5. The average Bonchev–Trinajstić information content (AvgIpc) is 2.65. The van der Waals surface area contributed by atoms with Crippen LogP contribution < -0.4 is 5.32 Å². The summed E-state index contributed by atoms with van der Waals surface area (Å²) in [6.07, 6.45) is 8.02. The summed E-state index contributed by atoms with van der Waals surface area (Å²) in [6.45, 7) is 2.90. The molecule has 0 aliphatic heterocycles. The molecule has 0 saturated heterocycles. The molecule has 0 spiro atoms. The number of benzene rings is 1. The molecule has 0 unspecified atom stereocenters. The van der Waals surface area contributed by atoms with Crippen molar-refractivity contribution in [2.75, 3.05) is 11.9 Å². The van der Waals surface area contributed by atoms with Crippen LogP contribution in [-0.2, 0) is 0 Å². The van der Waals surface area contributed by atoms with E-state index in [4.69, 9.17) is 0 Å². The maximum absolute atomic E-state index is 10.7. The zero-order valence-electron chi connectivity index (χ0n) is 11.5. The third-order valence-electron chi connectivity index (χ3n) is 3.98. The molecule has 104 valence electrons. The van der Waals surface area contributed by atoms with Crippen molar-refractivity contribution in [3.63, 3.8) is 0 Å². The van der Waals surface area contributed by atoms with E-state index in [9.17, 15) is 10.1 Å². The number of rotatable bonds is 4. The number of hydrogen-bond donors (Lipinski definition) is 1. The van der Waals surface area contributed by atoms with Gasteiger partial charge in [-0.05, 0) is 37.3 Å². The lowest BCUT2D eigenvalue weighted by Crippen LogP contribution is -2.14. The van der Waals surface area contributed by atoms with E-state index in [1.807, 2.05) is 13.0 Å². The third kappa shape index (κ3) is 3.94. The summed E-state index contributed by atoms with van der Waals surface area (Å²) in [4.78, 5) is 10.3. The Kier molecular flexibility index (Phi) is 4.77. The molecule has 0 atom stereocenters. The van der Waals surface area contributed by atoms with Crippen molar-refractivity contribution in [1.82, 2.24) is 0 Å². The minimum Gasteiger partial charge on any atom is -0.385 e. The molecule has 0 radical (unpaired) electrons. The highest BCUT2D eigenvalue weighted by atomic mass is 16.6. The summed E-state index contributed by atoms with van der Waals surface area (Å²) in [6, 6.07) is 5.03. The van der Waals surface area contributed by atoms with Crippen molar-refractivity contribution in [2.45, 2.75) is 45.4 Å². The first-order chi connectivity index (χ1) is 9.16. The molecule has 1 fully saturated rings. The van der Waals surface area contributed by atoms with Gasteiger partial charge in [0.05, 0.1) is 4.92 Å². The lowest BCUT2D eigenvalue weighted by Gasteiger charge is -2.16. The number of nitro groups is 1. The largest absolute Gasteiger partial charge is 0.385 e. The zero-order chi connectivity index (χ0) is 13.7. The minimum absolute atomic E-state index is 0.164. The quantitative estimate of drug-likeness (QED) is 0.500. The first-order valence-electron chi connectivity index (χ1n) is 7.16. The van der Waals surface area contributed by atoms with Crippen LogP contribution in [0.3, 0.4) is 0 Å². The van der Waals surface area contributed by atoms with Gasteiger partial charge in [0.2, 0.25) is 0 Å². The van der Waals surface area contributed by atoms with Crippen molar-refractivity contribution in [1.29, 1.82) is 0 Å². The summed E-state index contributed by atoms with van der Waals surface area (Å²) in [7, 11) is 0. The van der Waals surface area contributed by atoms with Gasteiger partial charge in [-0.15, -0.1) is 0 Å². The van der Waals surface area contributed by atoms with Gasteiger partial charge in [-0.25, -0.2) is 0 Å². The van der Waals surface area contributed by atoms with E-state index in [-0.39, 0.29) is 10.6 Å².